The van der Waals surface area contributed by atoms with Gasteiger partial charge in [-0.15, -0.1) is 0 Å². The zero-order valence-electron chi connectivity index (χ0n) is 10.1. The van der Waals surface area contributed by atoms with Gasteiger partial charge in [-0.05, 0) is 17.2 Å². The molecule has 0 unspecified atom stereocenters. The number of allylic oxidation sites excluding steroid dienone is 1. The molecular formula is C16H11NO2. The fourth-order valence-corrected chi connectivity index (χ4v) is 1.90. The highest BCUT2D eigenvalue weighted by atomic mass is 16.4. The van der Waals surface area contributed by atoms with E-state index in [-0.39, 0.29) is 5.56 Å². The molecule has 2 aromatic rings. The van der Waals surface area contributed by atoms with Gasteiger partial charge in [-0.1, -0.05) is 48.5 Å². The molecule has 0 amide bonds. The summed E-state index contributed by atoms with van der Waals surface area (Å²) in [5, 5.41) is 18.1. The highest BCUT2D eigenvalue weighted by Gasteiger charge is 2.13. The maximum absolute atomic E-state index is 11.3. The second-order valence-electron chi connectivity index (χ2n) is 3.90. The normalized spacial score (nSPS) is 10.8. The number of benzene rings is 2. The molecule has 0 aliphatic heterocycles. The Balaban J connectivity index is 2.63. The quantitative estimate of drug-likeness (QED) is 0.848. The number of nitrogens with zero attached hydrogens (tertiary/aromatic N) is 1. The molecule has 2 aromatic carbocycles. The van der Waals surface area contributed by atoms with Gasteiger partial charge in [-0.2, -0.15) is 5.26 Å². The average Bonchev–Trinajstić information content (AvgIpc) is 2.45. The van der Waals surface area contributed by atoms with Gasteiger partial charge < -0.3 is 5.11 Å². The second-order valence-corrected chi connectivity index (χ2v) is 3.90. The number of hydrogen-bond donors (Lipinski definition) is 1. The molecule has 2 rings (SSSR count). The summed E-state index contributed by atoms with van der Waals surface area (Å²) in [5.74, 6) is -1.00. The number of carboxylic acids is 1. The van der Waals surface area contributed by atoms with Crippen molar-refractivity contribution in [2.24, 2.45) is 0 Å². The van der Waals surface area contributed by atoms with Gasteiger partial charge in [0.1, 0.15) is 0 Å². The van der Waals surface area contributed by atoms with Crippen LogP contribution in [0.15, 0.2) is 60.7 Å². The summed E-state index contributed by atoms with van der Waals surface area (Å²) in [4.78, 5) is 11.3. The minimum absolute atomic E-state index is 0.188. The van der Waals surface area contributed by atoms with E-state index in [2.05, 4.69) is 0 Å². The number of aromatic carboxylic acids is 1. The molecule has 0 heterocycles. The molecule has 0 saturated heterocycles. The van der Waals surface area contributed by atoms with Crippen LogP contribution in [-0.4, -0.2) is 11.1 Å². The van der Waals surface area contributed by atoms with Gasteiger partial charge in [-0.3, -0.25) is 0 Å². The van der Waals surface area contributed by atoms with Crippen LogP contribution in [0.4, 0.5) is 0 Å². The number of carboxylic acid groups (broad SMARTS) is 1. The maximum Gasteiger partial charge on any atom is 0.336 e. The maximum atomic E-state index is 11.3. The Morgan fingerprint density at radius 1 is 1.00 bits per heavy atom. The average molecular weight is 249 g/mol. The molecule has 3 nitrogen and oxygen atoms in total. The highest BCUT2D eigenvalue weighted by molar-refractivity contribution is 5.97. The number of rotatable bonds is 3. The Morgan fingerprint density at radius 2 is 1.58 bits per heavy atom. The van der Waals surface area contributed by atoms with Crippen molar-refractivity contribution >= 4 is 11.5 Å². The summed E-state index contributed by atoms with van der Waals surface area (Å²) in [6.07, 6.45) is 1.37. The van der Waals surface area contributed by atoms with E-state index < -0.39 is 5.97 Å². The van der Waals surface area contributed by atoms with Crippen molar-refractivity contribution in [3.63, 3.8) is 0 Å². The molecule has 19 heavy (non-hydrogen) atoms. The summed E-state index contributed by atoms with van der Waals surface area (Å²) in [5.41, 5.74) is 2.16. The van der Waals surface area contributed by atoms with Gasteiger partial charge >= 0.3 is 5.97 Å². The van der Waals surface area contributed by atoms with Crippen molar-refractivity contribution in [3.05, 3.63) is 77.4 Å². The van der Waals surface area contributed by atoms with Gasteiger partial charge in [0.15, 0.2) is 0 Å². The van der Waals surface area contributed by atoms with Gasteiger partial charge in [-0.25, -0.2) is 4.79 Å². The predicted molar refractivity (Wildman–Crippen MR) is 72.5 cm³/mol. The van der Waals surface area contributed by atoms with Crippen LogP contribution in [-0.2, 0) is 0 Å². The van der Waals surface area contributed by atoms with Crippen molar-refractivity contribution in [2.45, 2.75) is 0 Å². The zero-order valence-corrected chi connectivity index (χ0v) is 10.1. The minimum Gasteiger partial charge on any atom is -0.478 e. The fourth-order valence-electron chi connectivity index (χ4n) is 1.90. The molecular weight excluding hydrogens is 238 g/mol. The first kappa shape index (κ1) is 12.6. The molecule has 0 aliphatic rings. The molecule has 0 bridgehead atoms. The third kappa shape index (κ3) is 2.70. The lowest BCUT2D eigenvalue weighted by molar-refractivity contribution is 0.0696. The largest absolute Gasteiger partial charge is 0.478 e. The third-order valence-electron chi connectivity index (χ3n) is 2.74. The Hall–Kier alpha value is -2.86. The second kappa shape index (κ2) is 5.65. The van der Waals surface area contributed by atoms with Crippen LogP contribution < -0.4 is 0 Å². The van der Waals surface area contributed by atoms with Crippen LogP contribution in [0.1, 0.15) is 21.5 Å². The molecule has 3 heteroatoms. The van der Waals surface area contributed by atoms with Crippen LogP contribution in [0, 0.1) is 11.3 Å². The van der Waals surface area contributed by atoms with E-state index in [0.717, 1.165) is 5.56 Å². The lowest BCUT2D eigenvalue weighted by atomic mass is 9.94. The first-order valence-corrected chi connectivity index (χ1v) is 5.72. The minimum atomic E-state index is -1.00. The summed E-state index contributed by atoms with van der Waals surface area (Å²) in [6, 6.07) is 17.9. The lowest BCUT2D eigenvalue weighted by Crippen LogP contribution is -2.02. The van der Waals surface area contributed by atoms with E-state index >= 15 is 0 Å². The Labute approximate surface area is 111 Å². The number of hydrogen-bond acceptors (Lipinski definition) is 2. The monoisotopic (exact) mass is 249 g/mol. The van der Waals surface area contributed by atoms with Crippen molar-refractivity contribution in [2.75, 3.05) is 0 Å². The van der Waals surface area contributed by atoms with Crippen LogP contribution in [0.5, 0.6) is 0 Å². The molecule has 0 spiro atoms. The van der Waals surface area contributed by atoms with E-state index in [1.165, 1.54) is 12.1 Å². The predicted octanol–water partition coefficient (Wildman–Crippen LogP) is 3.34. The van der Waals surface area contributed by atoms with E-state index in [1.54, 1.807) is 18.2 Å². The van der Waals surface area contributed by atoms with E-state index in [4.69, 9.17) is 5.26 Å². The van der Waals surface area contributed by atoms with Crippen LogP contribution in [0.3, 0.4) is 0 Å². The number of carbonyl (C=O) groups is 1. The van der Waals surface area contributed by atoms with Crippen LogP contribution in [0.25, 0.3) is 5.57 Å². The summed E-state index contributed by atoms with van der Waals surface area (Å²) < 4.78 is 0. The van der Waals surface area contributed by atoms with Gasteiger partial charge in [0.05, 0.1) is 11.6 Å². The molecule has 0 fully saturated rings. The van der Waals surface area contributed by atoms with Crippen molar-refractivity contribution < 1.29 is 9.90 Å². The first-order chi connectivity index (χ1) is 9.24. The third-order valence-corrected chi connectivity index (χ3v) is 2.74. The lowest BCUT2D eigenvalue weighted by Gasteiger charge is -2.10. The summed E-state index contributed by atoms with van der Waals surface area (Å²) in [7, 11) is 0. The van der Waals surface area contributed by atoms with E-state index in [0.29, 0.717) is 11.1 Å². The van der Waals surface area contributed by atoms with Crippen LogP contribution in [0.2, 0.25) is 0 Å². The molecule has 0 radical (unpaired) electrons. The topological polar surface area (TPSA) is 61.1 Å². The Morgan fingerprint density at radius 3 is 2.16 bits per heavy atom. The molecule has 1 N–H and O–H groups in total. The Kier molecular flexibility index (Phi) is 3.75. The first-order valence-electron chi connectivity index (χ1n) is 5.72. The Bertz CT molecular complexity index is 667. The summed E-state index contributed by atoms with van der Waals surface area (Å²) in [6.45, 7) is 0. The van der Waals surface area contributed by atoms with E-state index in [1.807, 2.05) is 36.4 Å². The molecule has 0 atom stereocenters. The molecule has 92 valence electrons. The summed E-state index contributed by atoms with van der Waals surface area (Å²) >= 11 is 0. The van der Waals surface area contributed by atoms with Crippen LogP contribution >= 0.6 is 0 Å². The standard InChI is InChI=1S/C16H11NO2/c17-11-10-13(12-6-2-1-3-7-12)14-8-4-5-9-15(14)16(18)19/h1-10H,(H,18,19)/b13-10-. The number of nitriles is 1. The SMILES string of the molecule is N#C/C=C(/c1ccccc1)c1ccccc1C(=O)O. The zero-order chi connectivity index (χ0) is 13.7. The molecule has 0 aliphatic carbocycles. The van der Waals surface area contributed by atoms with Gasteiger partial charge in [0.25, 0.3) is 0 Å². The van der Waals surface area contributed by atoms with E-state index in [9.17, 15) is 9.90 Å². The van der Waals surface area contributed by atoms with Crippen molar-refractivity contribution in [3.8, 4) is 6.07 Å². The van der Waals surface area contributed by atoms with Gasteiger partial charge in [0.2, 0.25) is 0 Å². The smallest absolute Gasteiger partial charge is 0.336 e. The van der Waals surface area contributed by atoms with Crippen molar-refractivity contribution in [1.82, 2.24) is 0 Å². The highest BCUT2D eigenvalue weighted by Crippen LogP contribution is 2.26. The fraction of sp³-hybridized carbons (Fsp3) is 0. The molecule has 0 aromatic heterocycles. The molecule has 0 saturated carbocycles. The van der Waals surface area contributed by atoms with Gasteiger partial charge in [0, 0.05) is 11.6 Å². The van der Waals surface area contributed by atoms with Crippen molar-refractivity contribution in [1.29, 1.82) is 5.26 Å².